The number of anilines is 2. The molecule has 0 unspecified atom stereocenters. The fraction of sp³-hybridized carbons (Fsp3) is 0. The van der Waals surface area contributed by atoms with Gasteiger partial charge in [0.15, 0.2) is 0 Å². The maximum absolute atomic E-state index is 4.09. The minimum Gasteiger partial charge on any atom is -0.323 e. The number of halogens is 1. The third kappa shape index (κ3) is 2.26. The van der Waals surface area contributed by atoms with E-state index in [1.54, 1.807) is 23.7 Å². The van der Waals surface area contributed by atoms with Crippen LogP contribution in [-0.4, -0.2) is 9.97 Å². The molecule has 66 valence electrons. The summed E-state index contributed by atoms with van der Waals surface area (Å²) in [5.74, 6) is 0.613. The van der Waals surface area contributed by atoms with Gasteiger partial charge in [0.25, 0.3) is 0 Å². The van der Waals surface area contributed by atoms with Crippen molar-refractivity contribution in [2.45, 2.75) is 0 Å². The molecular formula is C8H6BrN3S. The molecule has 0 bridgehead atoms. The van der Waals surface area contributed by atoms with Crippen LogP contribution in [0.4, 0.5) is 11.6 Å². The molecule has 0 aromatic carbocycles. The summed E-state index contributed by atoms with van der Waals surface area (Å²) in [6.07, 6.45) is 3.42. The van der Waals surface area contributed by atoms with Crippen LogP contribution in [-0.2, 0) is 0 Å². The molecule has 0 aliphatic rings. The molecule has 0 aliphatic heterocycles. The SMILES string of the molecule is Brc1cnc(Nc2ccsc2)nc1. The van der Waals surface area contributed by atoms with Crippen LogP contribution in [0.1, 0.15) is 0 Å². The Balaban J connectivity index is 2.15. The summed E-state index contributed by atoms with van der Waals surface area (Å²) in [6, 6.07) is 1.98. The van der Waals surface area contributed by atoms with Gasteiger partial charge in [0, 0.05) is 17.8 Å². The van der Waals surface area contributed by atoms with Crippen molar-refractivity contribution in [1.82, 2.24) is 9.97 Å². The molecule has 0 aliphatic carbocycles. The molecule has 0 amide bonds. The topological polar surface area (TPSA) is 37.8 Å². The summed E-state index contributed by atoms with van der Waals surface area (Å²) < 4.78 is 0.878. The molecule has 0 saturated heterocycles. The fourth-order valence-corrected chi connectivity index (χ4v) is 1.63. The number of hydrogen-bond acceptors (Lipinski definition) is 4. The van der Waals surface area contributed by atoms with Crippen molar-refractivity contribution in [2.24, 2.45) is 0 Å². The Bertz CT molecular complexity index is 371. The largest absolute Gasteiger partial charge is 0.323 e. The summed E-state index contributed by atoms with van der Waals surface area (Å²) in [4.78, 5) is 8.18. The average Bonchev–Trinajstić information content (AvgIpc) is 2.62. The molecule has 5 heteroatoms. The summed E-state index contributed by atoms with van der Waals surface area (Å²) in [7, 11) is 0. The van der Waals surface area contributed by atoms with Gasteiger partial charge in [-0.25, -0.2) is 9.97 Å². The van der Waals surface area contributed by atoms with E-state index >= 15 is 0 Å². The molecule has 0 radical (unpaired) electrons. The van der Waals surface area contributed by atoms with Crippen LogP contribution in [0.15, 0.2) is 33.7 Å². The van der Waals surface area contributed by atoms with Gasteiger partial charge >= 0.3 is 0 Å². The molecule has 3 nitrogen and oxygen atoms in total. The van der Waals surface area contributed by atoms with Gasteiger partial charge < -0.3 is 5.32 Å². The molecule has 0 saturated carbocycles. The number of nitrogens with one attached hydrogen (secondary N) is 1. The zero-order chi connectivity index (χ0) is 9.10. The zero-order valence-corrected chi connectivity index (χ0v) is 8.97. The summed E-state index contributed by atoms with van der Waals surface area (Å²) >= 11 is 4.91. The molecule has 0 spiro atoms. The van der Waals surface area contributed by atoms with Crippen LogP contribution in [0.3, 0.4) is 0 Å². The van der Waals surface area contributed by atoms with Crippen molar-refractivity contribution in [2.75, 3.05) is 5.32 Å². The Morgan fingerprint density at radius 2 is 2.08 bits per heavy atom. The van der Waals surface area contributed by atoms with Crippen molar-refractivity contribution in [3.8, 4) is 0 Å². The molecule has 2 heterocycles. The highest BCUT2D eigenvalue weighted by molar-refractivity contribution is 9.10. The molecule has 13 heavy (non-hydrogen) atoms. The van der Waals surface area contributed by atoms with E-state index in [9.17, 15) is 0 Å². The Morgan fingerprint density at radius 3 is 2.69 bits per heavy atom. The minimum absolute atomic E-state index is 0.613. The van der Waals surface area contributed by atoms with Gasteiger partial charge in [-0.2, -0.15) is 11.3 Å². The van der Waals surface area contributed by atoms with E-state index in [0.717, 1.165) is 10.2 Å². The Morgan fingerprint density at radius 1 is 1.31 bits per heavy atom. The van der Waals surface area contributed by atoms with E-state index in [-0.39, 0.29) is 0 Å². The number of hydrogen-bond donors (Lipinski definition) is 1. The van der Waals surface area contributed by atoms with Crippen LogP contribution in [0.25, 0.3) is 0 Å². The molecule has 0 fully saturated rings. The monoisotopic (exact) mass is 255 g/mol. The van der Waals surface area contributed by atoms with Crippen LogP contribution in [0.5, 0.6) is 0 Å². The Labute approximate surface area is 88.0 Å². The van der Waals surface area contributed by atoms with E-state index in [0.29, 0.717) is 5.95 Å². The predicted molar refractivity (Wildman–Crippen MR) is 57.3 cm³/mol. The zero-order valence-electron chi connectivity index (χ0n) is 6.57. The molecule has 2 rings (SSSR count). The molecular weight excluding hydrogens is 250 g/mol. The maximum atomic E-state index is 4.09. The Kier molecular flexibility index (Phi) is 2.56. The number of thiophene rings is 1. The first-order chi connectivity index (χ1) is 6.34. The van der Waals surface area contributed by atoms with Gasteiger partial charge in [-0.1, -0.05) is 0 Å². The summed E-state index contributed by atoms with van der Waals surface area (Å²) in [5, 5.41) is 7.09. The number of aromatic nitrogens is 2. The first-order valence-corrected chi connectivity index (χ1v) is 5.35. The van der Waals surface area contributed by atoms with E-state index in [1.165, 1.54) is 0 Å². The van der Waals surface area contributed by atoms with Gasteiger partial charge in [0.05, 0.1) is 10.2 Å². The first kappa shape index (κ1) is 8.65. The lowest BCUT2D eigenvalue weighted by molar-refractivity contribution is 1.15. The Hall–Kier alpha value is -0.940. The van der Waals surface area contributed by atoms with Crippen LogP contribution >= 0.6 is 27.3 Å². The molecule has 1 N–H and O–H groups in total. The van der Waals surface area contributed by atoms with Crippen LogP contribution in [0.2, 0.25) is 0 Å². The van der Waals surface area contributed by atoms with E-state index in [1.807, 2.05) is 16.8 Å². The van der Waals surface area contributed by atoms with Gasteiger partial charge in [-0.15, -0.1) is 0 Å². The second-order valence-electron chi connectivity index (χ2n) is 2.36. The van der Waals surface area contributed by atoms with Crippen LogP contribution in [0, 0.1) is 0 Å². The lowest BCUT2D eigenvalue weighted by atomic mass is 10.5. The van der Waals surface area contributed by atoms with Gasteiger partial charge in [-0.3, -0.25) is 0 Å². The van der Waals surface area contributed by atoms with Crippen molar-refractivity contribution < 1.29 is 0 Å². The highest BCUT2D eigenvalue weighted by Crippen LogP contribution is 2.16. The number of rotatable bonds is 2. The standard InChI is InChI=1S/C8H6BrN3S/c9-6-3-10-8(11-4-6)12-7-1-2-13-5-7/h1-5H,(H,10,11,12). The minimum atomic E-state index is 0.613. The quantitative estimate of drug-likeness (QED) is 0.897. The normalized spacial score (nSPS) is 9.92. The van der Waals surface area contributed by atoms with E-state index in [2.05, 4.69) is 31.2 Å². The number of nitrogens with zero attached hydrogens (tertiary/aromatic N) is 2. The molecule has 2 aromatic rings. The van der Waals surface area contributed by atoms with Gasteiger partial charge in [0.2, 0.25) is 5.95 Å². The molecule has 2 aromatic heterocycles. The third-order valence-corrected chi connectivity index (χ3v) is 2.49. The first-order valence-electron chi connectivity index (χ1n) is 3.61. The maximum Gasteiger partial charge on any atom is 0.227 e. The second-order valence-corrected chi connectivity index (χ2v) is 4.06. The second kappa shape index (κ2) is 3.85. The van der Waals surface area contributed by atoms with Crippen molar-refractivity contribution in [3.05, 3.63) is 33.7 Å². The lowest BCUT2D eigenvalue weighted by Crippen LogP contribution is -1.94. The highest BCUT2D eigenvalue weighted by atomic mass is 79.9. The summed E-state index contributed by atoms with van der Waals surface area (Å²) in [6.45, 7) is 0. The van der Waals surface area contributed by atoms with E-state index < -0.39 is 0 Å². The van der Waals surface area contributed by atoms with Gasteiger partial charge in [0.1, 0.15) is 0 Å². The van der Waals surface area contributed by atoms with E-state index in [4.69, 9.17) is 0 Å². The van der Waals surface area contributed by atoms with Crippen LogP contribution < -0.4 is 5.32 Å². The highest BCUT2D eigenvalue weighted by Gasteiger charge is 1.96. The smallest absolute Gasteiger partial charge is 0.227 e. The fourth-order valence-electron chi connectivity index (χ4n) is 0.842. The van der Waals surface area contributed by atoms with Crippen molar-refractivity contribution in [3.63, 3.8) is 0 Å². The predicted octanol–water partition coefficient (Wildman–Crippen LogP) is 3.04. The van der Waals surface area contributed by atoms with Gasteiger partial charge in [-0.05, 0) is 27.4 Å². The summed E-state index contributed by atoms with van der Waals surface area (Å²) in [5.41, 5.74) is 1.02. The lowest BCUT2D eigenvalue weighted by Gasteiger charge is -1.99. The molecule has 0 atom stereocenters. The average molecular weight is 256 g/mol. The van der Waals surface area contributed by atoms with Crippen molar-refractivity contribution >= 4 is 38.9 Å². The van der Waals surface area contributed by atoms with Crippen molar-refractivity contribution in [1.29, 1.82) is 0 Å². The third-order valence-electron chi connectivity index (χ3n) is 1.40.